The number of amides is 2. The summed E-state index contributed by atoms with van der Waals surface area (Å²) in [5, 5.41) is 6.31. The van der Waals surface area contributed by atoms with Gasteiger partial charge in [0.25, 0.3) is 0 Å². The van der Waals surface area contributed by atoms with Gasteiger partial charge in [0.05, 0.1) is 17.9 Å². The predicted molar refractivity (Wildman–Crippen MR) is 135 cm³/mol. The standard InChI is InChI=1S/C28H24N4O2/c29-22-15-17-23(18-16-22)32-27-14-8-7-13-25(27)26(20-34-24-11-5-2-6-12-24)30-31(28(32)33)19-21-9-3-1-4-10-21/h1-18H,19-20,29H2. The molecule has 2 amide bonds. The molecule has 34 heavy (non-hydrogen) atoms. The monoisotopic (exact) mass is 448 g/mol. The average Bonchev–Trinajstić information content (AvgIpc) is 2.99. The Bertz CT molecular complexity index is 1310. The number of carbonyl (C=O) groups is 1. The van der Waals surface area contributed by atoms with Crippen molar-refractivity contribution in [2.24, 2.45) is 5.10 Å². The zero-order chi connectivity index (χ0) is 23.3. The number of anilines is 3. The molecule has 4 aromatic carbocycles. The minimum atomic E-state index is -0.254. The van der Waals surface area contributed by atoms with Crippen LogP contribution in [0, 0.1) is 0 Å². The van der Waals surface area contributed by atoms with Gasteiger partial charge in [-0.3, -0.25) is 4.90 Å². The van der Waals surface area contributed by atoms with Gasteiger partial charge in [-0.15, -0.1) is 0 Å². The molecular formula is C28H24N4O2. The van der Waals surface area contributed by atoms with Crippen LogP contribution in [0.15, 0.2) is 114 Å². The van der Waals surface area contributed by atoms with E-state index in [1.165, 1.54) is 5.01 Å². The molecule has 6 nitrogen and oxygen atoms in total. The Balaban J connectivity index is 1.59. The fourth-order valence-electron chi connectivity index (χ4n) is 3.88. The van der Waals surface area contributed by atoms with E-state index in [0.717, 1.165) is 22.6 Å². The molecule has 2 N–H and O–H groups in total. The van der Waals surface area contributed by atoms with Crippen LogP contribution < -0.4 is 15.4 Å². The summed E-state index contributed by atoms with van der Waals surface area (Å²) in [6, 6.07) is 34.2. The smallest absolute Gasteiger partial charge is 0.349 e. The van der Waals surface area contributed by atoms with Crippen molar-refractivity contribution in [3.05, 3.63) is 120 Å². The number of nitrogens with two attached hydrogens (primary N) is 1. The molecule has 0 saturated carbocycles. The van der Waals surface area contributed by atoms with Crippen molar-refractivity contribution in [1.82, 2.24) is 5.01 Å². The lowest BCUT2D eigenvalue weighted by Gasteiger charge is -2.26. The minimum Gasteiger partial charge on any atom is -0.487 e. The van der Waals surface area contributed by atoms with E-state index in [1.807, 2.05) is 97.1 Å². The number of nitrogens with zero attached hydrogens (tertiary/aromatic N) is 3. The van der Waals surface area contributed by atoms with Gasteiger partial charge in [-0.1, -0.05) is 66.7 Å². The van der Waals surface area contributed by atoms with Crippen molar-refractivity contribution < 1.29 is 9.53 Å². The van der Waals surface area contributed by atoms with Crippen molar-refractivity contribution in [2.75, 3.05) is 17.2 Å². The summed E-state index contributed by atoms with van der Waals surface area (Å²) in [4.78, 5) is 15.6. The number of urea groups is 1. The van der Waals surface area contributed by atoms with E-state index in [9.17, 15) is 4.79 Å². The highest BCUT2D eigenvalue weighted by Crippen LogP contribution is 2.34. The van der Waals surface area contributed by atoms with Crippen LogP contribution in [0.1, 0.15) is 11.1 Å². The summed E-state index contributed by atoms with van der Waals surface area (Å²) < 4.78 is 6.04. The Kier molecular flexibility index (Phi) is 5.95. The van der Waals surface area contributed by atoms with Gasteiger partial charge >= 0.3 is 6.03 Å². The second kappa shape index (κ2) is 9.50. The number of hydrogen-bond donors (Lipinski definition) is 1. The van der Waals surface area contributed by atoms with Crippen LogP contribution in [0.25, 0.3) is 0 Å². The molecule has 0 saturated heterocycles. The summed E-state index contributed by atoms with van der Waals surface area (Å²) in [5.74, 6) is 0.739. The van der Waals surface area contributed by atoms with Gasteiger partial charge < -0.3 is 10.5 Å². The summed E-state index contributed by atoms with van der Waals surface area (Å²) in [7, 11) is 0. The predicted octanol–water partition coefficient (Wildman–Crippen LogP) is 5.83. The van der Waals surface area contributed by atoms with E-state index < -0.39 is 0 Å². The SMILES string of the molecule is Nc1ccc(N2C(=O)N(Cc3ccccc3)N=C(COc3ccccc3)c3ccccc32)cc1. The maximum atomic E-state index is 13.9. The maximum Gasteiger partial charge on any atom is 0.349 e. The molecule has 1 heterocycles. The molecule has 4 aromatic rings. The molecule has 0 aromatic heterocycles. The first-order chi connectivity index (χ1) is 16.7. The molecule has 0 fully saturated rings. The number of nitrogen functional groups attached to an aromatic ring is 1. The van der Waals surface area contributed by atoms with Gasteiger partial charge in [0.2, 0.25) is 0 Å². The highest BCUT2D eigenvalue weighted by Gasteiger charge is 2.31. The van der Waals surface area contributed by atoms with Crippen molar-refractivity contribution in [1.29, 1.82) is 0 Å². The number of fused-ring (bicyclic) bond motifs is 1. The van der Waals surface area contributed by atoms with E-state index in [4.69, 9.17) is 15.6 Å². The molecular weight excluding hydrogens is 424 g/mol. The number of para-hydroxylation sites is 2. The van der Waals surface area contributed by atoms with Crippen molar-refractivity contribution >= 4 is 28.8 Å². The molecule has 0 unspecified atom stereocenters. The lowest BCUT2D eigenvalue weighted by atomic mass is 10.1. The molecule has 0 radical (unpaired) electrons. The molecule has 1 aliphatic rings. The molecule has 6 heteroatoms. The highest BCUT2D eigenvalue weighted by molar-refractivity contribution is 6.13. The Labute approximate surface area is 198 Å². The molecule has 1 aliphatic heterocycles. The van der Waals surface area contributed by atoms with Crippen LogP contribution in [0.2, 0.25) is 0 Å². The normalized spacial score (nSPS) is 13.2. The minimum absolute atomic E-state index is 0.217. The first-order valence-corrected chi connectivity index (χ1v) is 11.0. The van der Waals surface area contributed by atoms with Crippen LogP contribution >= 0.6 is 0 Å². The molecule has 168 valence electrons. The summed E-state index contributed by atoms with van der Waals surface area (Å²) in [5.41, 5.74) is 10.5. The van der Waals surface area contributed by atoms with Gasteiger partial charge in [0.15, 0.2) is 0 Å². The van der Waals surface area contributed by atoms with E-state index in [1.54, 1.807) is 17.0 Å². The number of carbonyl (C=O) groups excluding carboxylic acids is 1. The second-order valence-corrected chi connectivity index (χ2v) is 7.92. The molecule has 0 bridgehead atoms. The van der Waals surface area contributed by atoms with Gasteiger partial charge in [0, 0.05) is 11.3 Å². The van der Waals surface area contributed by atoms with Crippen molar-refractivity contribution in [2.45, 2.75) is 6.54 Å². The number of benzene rings is 4. The summed E-state index contributed by atoms with van der Waals surface area (Å²) in [6.45, 7) is 0.545. The lowest BCUT2D eigenvalue weighted by molar-refractivity contribution is 0.207. The van der Waals surface area contributed by atoms with E-state index in [0.29, 0.717) is 23.6 Å². The average molecular weight is 449 g/mol. The Morgan fingerprint density at radius 1 is 0.765 bits per heavy atom. The van der Waals surface area contributed by atoms with Crippen LogP contribution in [0.5, 0.6) is 5.75 Å². The molecule has 5 rings (SSSR count). The third kappa shape index (κ3) is 4.47. The fourth-order valence-corrected chi connectivity index (χ4v) is 3.88. The second-order valence-electron chi connectivity index (χ2n) is 7.92. The Hall–Kier alpha value is -4.58. The fraction of sp³-hybridized carbons (Fsp3) is 0.0714. The highest BCUT2D eigenvalue weighted by atomic mass is 16.5. The van der Waals surface area contributed by atoms with Crippen LogP contribution in [-0.2, 0) is 6.54 Å². The van der Waals surface area contributed by atoms with Gasteiger partial charge in [0.1, 0.15) is 18.1 Å². The van der Waals surface area contributed by atoms with Gasteiger partial charge in [-0.25, -0.2) is 9.80 Å². The van der Waals surface area contributed by atoms with Gasteiger partial charge in [-0.05, 0) is 48.0 Å². The Morgan fingerprint density at radius 3 is 2.15 bits per heavy atom. The number of ether oxygens (including phenoxy) is 1. The summed E-state index contributed by atoms with van der Waals surface area (Å²) >= 11 is 0. The molecule has 0 aliphatic carbocycles. The lowest BCUT2D eigenvalue weighted by Crippen LogP contribution is -2.36. The quantitative estimate of drug-likeness (QED) is 0.378. The zero-order valence-corrected chi connectivity index (χ0v) is 18.5. The molecule has 0 spiro atoms. The van der Waals surface area contributed by atoms with Crippen molar-refractivity contribution in [3.63, 3.8) is 0 Å². The number of hydrazone groups is 1. The van der Waals surface area contributed by atoms with Crippen LogP contribution in [-0.4, -0.2) is 23.4 Å². The third-order valence-corrected chi connectivity index (χ3v) is 5.55. The number of hydrogen-bond acceptors (Lipinski definition) is 4. The van der Waals surface area contributed by atoms with E-state index >= 15 is 0 Å². The Morgan fingerprint density at radius 2 is 1.41 bits per heavy atom. The number of rotatable bonds is 6. The van der Waals surface area contributed by atoms with Crippen LogP contribution in [0.4, 0.5) is 21.9 Å². The largest absolute Gasteiger partial charge is 0.487 e. The van der Waals surface area contributed by atoms with E-state index in [2.05, 4.69) is 0 Å². The molecule has 0 atom stereocenters. The topological polar surface area (TPSA) is 71.2 Å². The summed E-state index contributed by atoms with van der Waals surface area (Å²) in [6.07, 6.45) is 0. The third-order valence-electron chi connectivity index (χ3n) is 5.55. The zero-order valence-electron chi connectivity index (χ0n) is 18.5. The van der Waals surface area contributed by atoms with Crippen LogP contribution in [0.3, 0.4) is 0 Å². The maximum absolute atomic E-state index is 13.9. The van der Waals surface area contributed by atoms with E-state index in [-0.39, 0.29) is 12.6 Å². The first-order valence-electron chi connectivity index (χ1n) is 11.0. The van der Waals surface area contributed by atoms with Gasteiger partial charge in [-0.2, -0.15) is 5.10 Å². The first kappa shape index (κ1) is 21.3. The van der Waals surface area contributed by atoms with Crippen molar-refractivity contribution in [3.8, 4) is 5.75 Å².